The maximum Gasteiger partial charge on any atom is 0.242 e. The van der Waals surface area contributed by atoms with E-state index in [1.807, 2.05) is 26.0 Å². The molecule has 1 N–H and O–H groups in total. The Balaban J connectivity index is 2.04. The molecule has 0 spiro atoms. The van der Waals surface area contributed by atoms with E-state index in [1.165, 1.54) is 11.6 Å². The van der Waals surface area contributed by atoms with Crippen molar-refractivity contribution in [1.82, 2.24) is 4.72 Å². The Labute approximate surface area is 139 Å². The number of aryl methyl sites for hydroxylation is 2. The molecule has 0 saturated carbocycles. The highest BCUT2D eigenvalue weighted by atomic mass is 35.5. The molecule has 0 aliphatic rings. The summed E-state index contributed by atoms with van der Waals surface area (Å²) < 4.78 is 27.4. The number of sulfonamides is 1. The zero-order valence-corrected chi connectivity index (χ0v) is 14.8. The van der Waals surface area contributed by atoms with Crippen LogP contribution in [0.15, 0.2) is 29.2 Å². The Morgan fingerprint density at radius 1 is 1.19 bits per heavy atom. The van der Waals surface area contributed by atoms with Crippen LogP contribution in [0.1, 0.15) is 16.7 Å². The summed E-state index contributed by atoms with van der Waals surface area (Å²) in [4.78, 5) is 0.0415. The van der Waals surface area contributed by atoms with Gasteiger partial charge in [0.15, 0.2) is 0 Å². The number of hydrogen-bond acceptors (Lipinski definition) is 3. The number of thiophene rings is 1. The topological polar surface area (TPSA) is 46.2 Å². The molecule has 0 fully saturated rings. The van der Waals surface area contributed by atoms with Gasteiger partial charge in [0.25, 0.3) is 0 Å². The van der Waals surface area contributed by atoms with E-state index in [0.29, 0.717) is 17.3 Å². The summed E-state index contributed by atoms with van der Waals surface area (Å²) in [6.07, 6.45) is 0.626. The van der Waals surface area contributed by atoms with Crippen LogP contribution < -0.4 is 4.72 Å². The molecule has 3 nitrogen and oxygen atoms in total. The standard InChI is InChI=1S/C14H15Cl2NO2S2/c1-9-3-4-11(10(2)7-9)5-6-17-21(18,19)12-8-13(15)20-14(12)16/h3-4,7-8,17H,5-6H2,1-2H3. The van der Waals surface area contributed by atoms with Crippen LogP contribution in [0.25, 0.3) is 0 Å². The van der Waals surface area contributed by atoms with Gasteiger partial charge in [-0.05, 0) is 37.5 Å². The molecule has 0 unspecified atom stereocenters. The molecular weight excluding hydrogens is 349 g/mol. The van der Waals surface area contributed by atoms with E-state index in [-0.39, 0.29) is 9.23 Å². The van der Waals surface area contributed by atoms with Crippen LogP contribution in [0.4, 0.5) is 0 Å². The average molecular weight is 364 g/mol. The molecule has 2 rings (SSSR count). The van der Waals surface area contributed by atoms with Crippen molar-refractivity contribution in [3.63, 3.8) is 0 Å². The zero-order chi connectivity index (χ0) is 15.6. The molecular formula is C14H15Cl2NO2S2. The third-order valence-corrected chi connectivity index (χ3v) is 6.31. The van der Waals surface area contributed by atoms with Crippen molar-refractivity contribution in [1.29, 1.82) is 0 Å². The number of hydrogen-bond donors (Lipinski definition) is 1. The Morgan fingerprint density at radius 2 is 1.90 bits per heavy atom. The second kappa shape index (κ2) is 6.67. The van der Waals surface area contributed by atoms with Crippen molar-refractivity contribution in [2.45, 2.75) is 25.2 Å². The smallest absolute Gasteiger partial charge is 0.211 e. The molecule has 1 aromatic carbocycles. The van der Waals surface area contributed by atoms with Gasteiger partial charge >= 0.3 is 0 Å². The first-order chi connectivity index (χ1) is 9.79. The third-order valence-electron chi connectivity index (χ3n) is 3.10. The van der Waals surface area contributed by atoms with Gasteiger partial charge < -0.3 is 0 Å². The van der Waals surface area contributed by atoms with Crippen LogP contribution >= 0.6 is 34.5 Å². The molecule has 1 aromatic heterocycles. The maximum atomic E-state index is 12.1. The van der Waals surface area contributed by atoms with E-state index in [4.69, 9.17) is 23.2 Å². The van der Waals surface area contributed by atoms with Crippen molar-refractivity contribution in [2.24, 2.45) is 0 Å². The van der Waals surface area contributed by atoms with Gasteiger partial charge in [0.2, 0.25) is 10.0 Å². The average Bonchev–Trinajstić information content (AvgIpc) is 2.72. The predicted molar refractivity (Wildman–Crippen MR) is 89.1 cm³/mol. The van der Waals surface area contributed by atoms with E-state index in [2.05, 4.69) is 10.8 Å². The highest BCUT2D eigenvalue weighted by molar-refractivity contribution is 7.89. The Morgan fingerprint density at radius 3 is 2.48 bits per heavy atom. The monoisotopic (exact) mass is 363 g/mol. The Bertz CT molecular complexity index is 754. The fraction of sp³-hybridized carbons (Fsp3) is 0.286. The van der Waals surface area contributed by atoms with Gasteiger partial charge in [-0.1, -0.05) is 47.0 Å². The molecule has 0 aliphatic carbocycles. The summed E-state index contributed by atoms with van der Waals surface area (Å²) in [5, 5.41) is 0. The van der Waals surface area contributed by atoms with E-state index >= 15 is 0 Å². The van der Waals surface area contributed by atoms with Crippen molar-refractivity contribution < 1.29 is 8.42 Å². The molecule has 0 amide bonds. The lowest BCUT2D eigenvalue weighted by molar-refractivity contribution is 0.582. The summed E-state index contributed by atoms with van der Waals surface area (Å²) in [6, 6.07) is 7.49. The largest absolute Gasteiger partial charge is 0.242 e. The highest BCUT2D eigenvalue weighted by Gasteiger charge is 2.20. The normalized spacial score (nSPS) is 11.8. The minimum atomic E-state index is -3.62. The summed E-state index contributed by atoms with van der Waals surface area (Å²) in [5.41, 5.74) is 3.47. The van der Waals surface area contributed by atoms with Crippen molar-refractivity contribution in [3.8, 4) is 0 Å². The molecule has 0 saturated heterocycles. The molecule has 2 aromatic rings. The third kappa shape index (κ3) is 4.20. The van der Waals surface area contributed by atoms with Crippen molar-refractivity contribution in [3.05, 3.63) is 49.6 Å². The number of rotatable bonds is 5. The number of nitrogens with one attached hydrogen (secondary N) is 1. The van der Waals surface area contributed by atoms with Gasteiger partial charge in [0.05, 0.1) is 4.34 Å². The highest BCUT2D eigenvalue weighted by Crippen LogP contribution is 2.34. The minimum Gasteiger partial charge on any atom is -0.211 e. The summed E-state index contributed by atoms with van der Waals surface area (Å²) in [6.45, 7) is 4.37. The maximum absolute atomic E-state index is 12.1. The zero-order valence-electron chi connectivity index (χ0n) is 11.6. The number of benzene rings is 1. The molecule has 21 heavy (non-hydrogen) atoms. The molecule has 0 radical (unpaired) electrons. The van der Waals surface area contributed by atoms with Gasteiger partial charge in [0.1, 0.15) is 9.23 Å². The van der Waals surface area contributed by atoms with Crippen molar-refractivity contribution >= 4 is 44.6 Å². The fourth-order valence-corrected chi connectivity index (χ4v) is 5.21. The minimum absolute atomic E-state index is 0.0415. The van der Waals surface area contributed by atoms with Gasteiger partial charge in [-0.25, -0.2) is 13.1 Å². The summed E-state index contributed by atoms with van der Waals surface area (Å²) in [5.74, 6) is 0. The molecule has 7 heteroatoms. The van der Waals surface area contributed by atoms with Crippen LogP contribution in [0.5, 0.6) is 0 Å². The number of halogens is 2. The summed E-state index contributed by atoms with van der Waals surface area (Å²) >= 11 is 12.7. The van der Waals surface area contributed by atoms with Crippen LogP contribution in [0.3, 0.4) is 0 Å². The molecule has 1 heterocycles. The molecule has 0 aliphatic heterocycles. The molecule has 0 bridgehead atoms. The Kier molecular flexibility index (Phi) is 5.33. The Hall–Kier alpha value is -0.590. The van der Waals surface area contributed by atoms with Crippen LogP contribution in [0.2, 0.25) is 8.67 Å². The van der Waals surface area contributed by atoms with E-state index in [9.17, 15) is 8.42 Å². The van der Waals surface area contributed by atoms with E-state index in [0.717, 1.165) is 22.5 Å². The first-order valence-corrected chi connectivity index (χ1v) is 9.36. The second-order valence-corrected chi connectivity index (χ2v) is 8.79. The second-order valence-electron chi connectivity index (χ2n) is 4.77. The van der Waals surface area contributed by atoms with Crippen LogP contribution in [-0.2, 0) is 16.4 Å². The molecule has 114 valence electrons. The fourth-order valence-electron chi connectivity index (χ4n) is 2.03. The first-order valence-electron chi connectivity index (χ1n) is 6.30. The predicted octanol–water partition coefficient (Wildman–Crippen LogP) is 4.19. The van der Waals surface area contributed by atoms with E-state index < -0.39 is 10.0 Å². The first kappa shape index (κ1) is 16.8. The SMILES string of the molecule is Cc1ccc(CCNS(=O)(=O)c2cc(Cl)sc2Cl)c(C)c1. The van der Waals surface area contributed by atoms with Gasteiger partial charge in [0, 0.05) is 6.54 Å². The lowest BCUT2D eigenvalue weighted by Gasteiger charge is -2.08. The van der Waals surface area contributed by atoms with Gasteiger partial charge in [-0.2, -0.15) is 0 Å². The van der Waals surface area contributed by atoms with E-state index in [1.54, 1.807) is 0 Å². The summed E-state index contributed by atoms with van der Waals surface area (Å²) in [7, 11) is -3.62. The van der Waals surface area contributed by atoms with Crippen LogP contribution in [0, 0.1) is 13.8 Å². The lowest BCUT2D eigenvalue weighted by Crippen LogP contribution is -2.26. The molecule has 0 atom stereocenters. The van der Waals surface area contributed by atoms with Crippen molar-refractivity contribution in [2.75, 3.05) is 6.54 Å². The quantitative estimate of drug-likeness (QED) is 0.865. The van der Waals surface area contributed by atoms with Gasteiger partial charge in [-0.3, -0.25) is 0 Å². The lowest BCUT2D eigenvalue weighted by atomic mass is 10.0. The van der Waals surface area contributed by atoms with Crippen LogP contribution in [-0.4, -0.2) is 15.0 Å². The van der Waals surface area contributed by atoms with Gasteiger partial charge in [-0.15, -0.1) is 11.3 Å².